The molecule has 1 aliphatic rings. The molecule has 0 heterocycles. The normalized spacial score (nSPS) is 12.6. The van der Waals surface area contributed by atoms with Gasteiger partial charge in [0.15, 0.2) is 11.6 Å². The highest BCUT2D eigenvalue weighted by Crippen LogP contribution is 2.44. The van der Waals surface area contributed by atoms with Gasteiger partial charge in [0.25, 0.3) is 0 Å². The molecule has 0 unspecified atom stereocenters. The van der Waals surface area contributed by atoms with Crippen LogP contribution in [-0.2, 0) is 4.74 Å². The van der Waals surface area contributed by atoms with Crippen molar-refractivity contribution in [2.75, 3.05) is 18.9 Å². The van der Waals surface area contributed by atoms with Crippen LogP contribution in [0.4, 0.5) is 19.3 Å². The molecule has 0 atom stereocenters. The third-order valence-electron chi connectivity index (χ3n) is 5.37. The van der Waals surface area contributed by atoms with Crippen LogP contribution in [0.15, 0.2) is 66.7 Å². The zero-order chi connectivity index (χ0) is 21.8. The third kappa shape index (κ3) is 4.28. The topological polar surface area (TPSA) is 64.3 Å². The molecule has 0 aromatic heterocycles. The van der Waals surface area contributed by atoms with E-state index in [0.29, 0.717) is 13.0 Å². The number of nitrogens with one attached hydrogen (secondary N) is 1. The van der Waals surface area contributed by atoms with Crippen LogP contribution < -0.4 is 11.1 Å². The minimum Gasteiger partial charge on any atom is -0.449 e. The molecule has 6 heteroatoms. The van der Waals surface area contributed by atoms with E-state index in [1.165, 1.54) is 23.3 Å². The first-order valence-electron chi connectivity index (χ1n) is 10.0. The van der Waals surface area contributed by atoms with Gasteiger partial charge in [-0.3, -0.25) is 0 Å². The van der Waals surface area contributed by atoms with Gasteiger partial charge < -0.3 is 15.8 Å². The van der Waals surface area contributed by atoms with Crippen molar-refractivity contribution in [1.82, 2.24) is 5.32 Å². The van der Waals surface area contributed by atoms with E-state index in [1.54, 1.807) is 6.08 Å². The number of carbonyl (C=O) groups is 1. The molecule has 0 spiro atoms. The number of nitrogen functional groups attached to an aromatic ring is 1. The Hall–Kier alpha value is -3.67. The zero-order valence-corrected chi connectivity index (χ0v) is 16.8. The van der Waals surface area contributed by atoms with Gasteiger partial charge in [-0.25, -0.2) is 13.6 Å². The van der Waals surface area contributed by atoms with Gasteiger partial charge in [0.1, 0.15) is 6.61 Å². The summed E-state index contributed by atoms with van der Waals surface area (Å²) in [5, 5.41) is 2.67. The molecule has 31 heavy (non-hydrogen) atoms. The lowest BCUT2D eigenvalue weighted by atomic mass is 9.98. The van der Waals surface area contributed by atoms with Gasteiger partial charge in [0.2, 0.25) is 0 Å². The van der Waals surface area contributed by atoms with Crippen molar-refractivity contribution in [3.8, 4) is 11.1 Å². The average Bonchev–Trinajstić information content (AvgIpc) is 3.10. The molecule has 0 saturated heterocycles. The van der Waals surface area contributed by atoms with E-state index < -0.39 is 17.7 Å². The molecule has 0 fully saturated rings. The summed E-state index contributed by atoms with van der Waals surface area (Å²) in [6.45, 7) is 0.532. The van der Waals surface area contributed by atoms with Crippen LogP contribution in [0.5, 0.6) is 0 Å². The monoisotopic (exact) mass is 420 g/mol. The zero-order valence-electron chi connectivity index (χ0n) is 16.8. The van der Waals surface area contributed by atoms with E-state index in [1.807, 2.05) is 24.3 Å². The Kier molecular flexibility index (Phi) is 5.98. The molecular formula is C25H22F2N2O2. The van der Waals surface area contributed by atoms with E-state index in [9.17, 15) is 13.6 Å². The fraction of sp³-hybridized carbons (Fsp3) is 0.160. The number of alkyl carbamates (subject to hydrolysis) is 1. The van der Waals surface area contributed by atoms with Crippen LogP contribution in [0.2, 0.25) is 0 Å². The first kappa shape index (κ1) is 20.6. The smallest absolute Gasteiger partial charge is 0.407 e. The summed E-state index contributed by atoms with van der Waals surface area (Å²) in [6, 6.07) is 18.5. The number of rotatable bonds is 6. The summed E-state index contributed by atoms with van der Waals surface area (Å²) in [5.41, 5.74) is 10.5. The van der Waals surface area contributed by atoms with Gasteiger partial charge in [-0.15, -0.1) is 0 Å². The van der Waals surface area contributed by atoms with Crippen LogP contribution in [0, 0.1) is 11.6 Å². The highest BCUT2D eigenvalue weighted by atomic mass is 19.2. The molecule has 3 aromatic carbocycles. The van der Waals surface area contributed by atoms with Crippen molar-refractivity contribution >= 4 is 17.9 Å². The van der Waals surface area contributed by atoms with Gasteiger partial charge in [-0.05, 0) is 40.8 Å². The summed E-state index contributed by atoms with van der Waals surface area (Å²) in [7, 11) is 0. The molecule has 0 saturated carbocycles. The summed E-state index contributed by atoms with van der Waals surface area (Å²) in [4.78, 5) is 12.1. The summed E-state index contributed by atoms with van der Waals surface area (Å²) < 4.78 is 32.5. The van der Waals surface area contributed by atoms with Crippen molar-refractivity contribution in [3.05, 3.63) is 95.1 Å². The molecule has 4 rings (SSSR count). The van der Waals surface area contributed by atoms with E-state index in [-0.39, 0.29) is 23.8 Å². The van der Waals surface area contributed by atoms with E-state index in [2.05, 4.69) is 29.6 Å². The fourth-order valence-corrected chi connectivity index (χ4v) is 3.86. The molecular weight excluding hydrogens is 398 g/mol. The first-order valence-corrected chi connectivity index (χ1v) is 10.0. The van der Waals surface area contributed by atoms with Crippen molar-refractivity contribution in [2.24, 2.45) is 0 Å². The molecule has 3 N–H and O–H groups in total. The Morgan fingerprint density at radius 1 is 1.00 bits per heavy atom. The van der Waals surface area contributed by atoms with Gasteiger partial charge in [-0.1, -0.05) is 60.7 Å². The lowest BCUT2D eigenvalue weighted by molar-refractivity contribution is 0.143. The number of amides is 1. The Labute approximate surface area is 179 Å². The number of hydrogen-bond acceptors (Lipinski definition) is 3. The van der Waals surface area contributed by atoms with Crippen molar-refractivity contribution < 1.29 is 18.3 Å². The summed E-state index contributed by atoms with van der Waals surface area (Å²) in [5.74, 6) is -1.94. The molecule has 0 aliphatic heterocycles. The maximum Gasteiger partial charge on any atom is 0.407 e. The molecule has 158 valence electrons. The van der Waals surface area contributed by atoms with E-state index >= 15 is 0 Å². The fourth-order valence-electron chi connectivity index (χ4n) is 3.86. The van der Waals surface area contributed by atoms with Gasteiger partial charge in [-0.2, -0.15) is 0 Å². The quantitative estimate of drug-likeness (QED) is 0.409. The number of anilines is 1. The highest BCUT2D eigenvalue weighted by molar-refractivity contribution is 5.79. The van der Waals surface area contributed by atoms with Gasteiger partial charge >= 0.3 is 6.09 Å². The van der Waals surface area contributed by atoms with Gasteiger partial charge in [0.05, 0.1) is 0 Å². The third-order valence-corrected chi connectivity index (χ3v) is 5.37. The lowest BCUT2D eigenvalue weighted by Crippen LogP contribution is -2.26. The summed E-state index contributed by atoms with van der Waals surface area (Å²) >= 11 is 0. The molecule has 0 radical (unpaired) electrons. The van der Waals surface area contributed by atoms with Crippen LogP contribution >= 0.6 is 0 Å². The number of hydrogen-bond donors (Lipinski definition) is 2. The van der Waals surface area contributed by atoms with Crippen LogP contribution in [0.1, 0.15) is 29.0 Å². The Morgan fingerprint density at radius 3 is 2.32 bits per heavy atom. The number of halogens is 2. The van der Waals surface area contributed by atoms with Crippen molar-refractivity contribution in [1.29, 1.82) is 0 Å². The number of nitrogens with two attached hydrogens (primary N) is 1. The molecule has 3 aromatic rings. The number of ether oxygens (including phenoxy) is 1. The predicted octanol–water partition coefficient (Wildman–Crippen LogP) is 5.49. The second kappa shape index (κ2) is 9.00. The Morgan fingerprint density at radius 2 is 1.65 bits per heavy atom. The van der Waals surface area contributed by atoms with Crippen LogP contribution in [0.25, 0.3) is 17.2 Å². The van der Waals surface area contributed by atoms with Crippen LogP contribution in [0.3, 0.4) is 0 Å². The Bertz CT molecular complexity index is 1100. The SMILES string of the molecule is Nc1ccc(F)c(F)c1C=CCCNC(=O)OCC1c2ccccc2-c2ccccc21. The molecule has 4 nitrogen and oxygen atoms in total. The predicted molar refractivity (Wildman–Crippen MR) is 117 cm³/mol. The number of fused-ring (bicyclic) bond motifs is 3. The second-order valence-electron chi connectivity index (χ2n) is 7.31. The van der Waals surface area contributed by atoms with E-state index in [0.717, 1.165) is 17.2 Å². The first-order chi connectivity index (χ1) is 15.1. The molecule has 1 amide bonds. The molecule has 1 aliphatic carbocycles. The molecule has 0 bridgehead atoms. The van der Waals surface area contributed by atoms with Gasteiger partial charge in [0, 0.05) is 23.7 Å². The van der Waals surface area contributed by atoms with Crippen molar-refractivity contribution in [2.45, 2.75) is 12.3 Å². The Balaban J connectivity index is 1.29. The largest absolute Gasteiger partial charge is 0.449 e. The van der Waals surface area contributed by atoms with E-state index in [4.69, 9.17) is 10.5 Å². The number of carbonyl (C=O) groups excluding carboxylic acids is 1. The standard InChI is InChI=1S/C25H22F2N2O2/c26-22-12-13-23(28)20(24(22)27)11-5-6-14-29-25(30)31-15-21-18-9-3-1-7-16(18)17-8-2-4-10-19(17)21/h1-5,7-13,21H,6,14-15,28H2,(H,29,30). The van der Waals surface area contributed by atoms with Crippen LogP contribution in [-0.4, -0.2) is 19.2 Å². The maximum atomic E-state index is 13.8. The minimum atomic E-state index is -0.985. The lowest BCUT2D eigenvalue weighted by Gasteiger charge is -2.14. The average molecular weight is 420 g/mol. The maximum absolute atomic E-state index is 13.8. The van der Waals surface area contributed by atoms with Crippen molar-refractivity contribution in [3.63, 3.8) is 0 Å². The minimum absolute atomic E-state index is 0.00106. The number of benzene rings is 3. The summed E-state index contributed by atoms with van der Waals surface area (Å²) in [6.07, 6.45) is 2.93. The second-order valence-corrected chi connectivity index (χ2v) is 7.31. The highest BCUT2D eigenvalue weighted by Gasteiger charge is 2.28.